The number of halogens is 3. The lowest BCUT2D eigenvalue weighted by Crippen LogP contribution is -2.44. The van der Waals surface area contributed by atoms with Gasteiger partial charge in [-0.3, -0.25) is 9.48 Å². The van der Waals surface area contributed by atoms with E-state index in [2.05, 4.69) is 5.10 Å². The van der Waals surface area contributed by atoms with Gasteiger partial charge in [-0.1, -0.05) is 0 Å². The predicted octanol–water partition coefficient (Wildman–Crippen LogP) is 2.51. The van der Waals surface area contributed by atoms with Crippen LogP contribution in [0.2, 0.25) is 0 Å². The second kappa shape index (κ2) is 7.61. The van der Waals surface area contributed by atoms with E-state index in [0.29, 0.717) is 24.2 Å². The molecule has 1 amide bonds. The number of carbonyl (C=O) groups excluding carboxylic acids is 1. The zero-order valence-electron chi connectivity index (χ0n) is 16.7. The molecule has 1 fully saturated rings. The summed E-state index contributed by atoms with van der Waals surface area (Å²) in [6, 6.07) is 4.34. The summed E-state index contributed by atoms with van der Waals surface area (Å²) in [5, 5.41) is 9.57. The van der Waals surface area contributed by atoms with Gasteiger partial charge in [0.15, 0.2) is 0 Å². The molecule has 8 nitrogen and oxygen atoms in total. The third-order valence-electron chi connectivity index (χ3n) is 5.90. The maximum atomic E-state index is 13.3. The average Bonchev–Trinajstić information content (AvgIpc) is 3.16. The highest BCUT2D eigenvalue weighted by Crippen LogP contribution is 2.36. The summed E-state index contributed by atoms with van der Waals surface area (Å²) in [6.07, 6.45) is -1.82. The van der Waals surface area contributed by atoms with E-state index in [9.17, 15) is 26.4 Å². The van der Waals surface area contributed by atoms with Gasteiger partial charge < -0.3 is 4.90 Å². The summed E-state index contributed by atoms with van der Waals surface area (Å²) in [4.78, 5) is 14.8. The molecule has 4 rings (SSSR count). The SMILES string of the molecule is CC1CN(c2ccc(C(F)(F)F)cc2)C(=O)c2c(C3CCN(S(N)(=O)=O)CC3)cnn21. The molecular formula is C19H22F3N5O3S. The zero-order valence-corrected chi connectivity index (χ0v) is 17.5. The summed E-state index contributed by atoms with van der Waals surface area (Å²) < 4.78 is 64.6. The topological polar surface area (TPSA) is 102 Å². The number of hydrogen-bond acceptors (Lipinski definition) is 4. The van der Waals surface area contributed by atoms with Gasteiger partial charge in [0, 0.05) is 30.9 Å². The van der Waals surface area contributed by atoms with Crippen molar-refractivity contribution in [3.63, 3.8) is 0 Å². The lowest BCUT2D eigenvalue weighted by Gasteiger charge is -2.34. The Bertz CT molecular complexity index is 1090. The number of hydrogen-bond donors (Lipinski definition) is 1. The molecular weight excluding hydrogens is 435 g/mol. The van der Waals surface area contributed by atoms with E-state index in [1.807, 2.05) is 6.92 Å². The minimum absolute atomic E-state index is 0.0644. The fourth-order valence-corrected chi connectivity index (χ4v) is 4.98. The van der Waals surface area contributed by atoms with Gasteiger partial charge in [-0.05, 0) is 49.9 Å². The minimum Gasteiger partial charge on any atom is -0.305 e. The van der Waals surface area contributed by atoms with Crippen molar-refractivity contribution in [2.24, 2.45) is 5.14 Å². The van der Waals surface area contributed by atoms with Gasteiger partial charge in [-0.15, -0.1) is 0 Å². The highest BCUT2D eigenvalue weighted by atomic mass is 32.2. The van der Waals surface area contributed by atoms with Crippen molar-refractivity contribution in [1.29, 1.82) is 0 Å². The maximum absolute atomic E-state index is 13.3. The Morgan fingerprint density at radius 1 is 1.13 bits per heavy atom. The quantitative estimate of drug-likeness (QED) is 0.765. The normalized spacial score (nSPS) is 21.4. The molecule has 2 aliphatic heterocycles. The van der Waals surface area contributed by atoms with Crippen molar-refractivity contribution < 1.29 is 26.4 Å². The minimum atomic E-state index is -4.45. The molecule has 2 aliphatic rings. The monoisotopic (exact) mass is 457 g/mol. The molecule has 168 valence electrons. The zero-order chi connectivity index (χ0) is 22.6. The molecule has 0 spiro atoms. The van der Waals surface area contributed by atoms with Gasteiger partial charge in [0.2, 0.25) is 0 Å². The van der Waals surface area contributed by atoms with Crippen molar-refractivity contribution in [1.82, 2.24) is 14.1 Å². The molecule has 1 aromatic carbocycles. The molecule has 0 saturated carbocycles. The van der Waals surface area contributed by atoms with Gasteiger partial charge in [-0.2, -0.15) is 31.0 Å². The van der Waals surface area contributed by atoms with E-state index in [4.69, 9.17) is 5.14 Å². The van der Waals surface area contributed by atoms with Crippen molar-refractivity contribution in [2.75, 3.05) is 24.5 Å². The van der Waals surface area contributed by atoms with Crippen LogP contribution in [-0.4, -0.2) is 48.0 Å². The largest absolute Gasteiger partial charge is 0.416 e. The number of amides is 1. The number of alkyl halides is 3. The standard InChI is InChI=1S/C19H22F3N5O3S/c1-12-11-26(15-4-2-14(3-5-15)19(20,21)22)18(28)17-16(10-24-27(12)17)13-6-8-25(9-7-13)31(23,29)30/h2-5,10,12-13H,6-9,11H2,1H3,(H2,23,29,30). The Morgan fingerprint density at radius 3 is 2.29 bits per heavy atom. The highest BCUT2D eigenvalue weighted by molar-refractivity contribution is 7.86. The van der Waals surface area contributed by atoms with Gasteiger partial charge >= 0.3 is 6.18 Å². The number of benzene rings is 1. The van der Waals surface area contributed by atoms with E-state index < -0.39 is 21.9 Å². The molecule has 1 aromatic heterocycles. The van der Waals surface area contributed by atoms with Crippen molar-refractivity contribution in [3.8, 4) is 0 Å². The molecule has 1 saturated heterocycles. The summed E-state index contributed by atoms with van der Waals surface area (Å²) in [5.41, 5.74) is 0.726. The second-order valence-electron chi connectivity index (χ2n) is 7.92. The predicted molar refractivity (Wildman–Crippen MR) is 107 cm³/mol. The fraction of sp³-hybridized carbons (Fsp3) is 0.474. The van der Waals surface area contributed by atoms with Crippen molar-refractivity contribution in [2.45, 2.75) is 37.9 Å². The first-order valence-corrected chi connectivity index (χ1v) is 11.3. The van der Waals surface area contributed by atoms with Crippen LogP contribution in [0.15, 0.2) is 30.5 Å². The Hall–Kier alpha value is -2.44. The van der Waals surface area contributed by atoms with Crippen LogP contribution in [0.4, 0.5) is 18.9 Å². The van der Waals surface area contributed by atoms with Crippen LogP contribution in [0.5, 0.6) is 0 Å². The number of aromatic nitrogens is 2. The molecule has 12 heteroatoms. The van der Waals surface area contributed by atoms with E-state index in [0.717, 1.165) is 17.7 Å². The van der Waals surface area contributed by atoms with E-state index in [1.54, 1.807) is 10.9 Å². The molecule has 2 N–H and O–H groups in total. The Kier molecular flexibility index (Phi) is 5.34. The lowest BCUT2D eigenvalue weighted by molar-refractivity contribution is -0.137. The Balaban J connectivity index is 1.61. The first-order valence-electron chi connectivity index (χ1n) is 9.81. The highest BCUT2D eigenvalue weighted by Gasteiger charge is 2.37. The summed E-state index contributed by atoms with van der Waals surface area (Å²) in [6.45, 7) is 2.66. The first-order chi connectivity index (χ1) is 14.5. The average molecular weight is 457 g/mol. The van der Waals surface area contributed by atoms with E-state index in [-0.39, 0.29) is 37.5 Å². The third-order valence-corrected chi connectivity index (χ3v) is 6.98. The summed E-state index contributed by atoms with van der Waals surface area (Å²) >= 11 is 0. The van der Waals surface area contributed by atoms with Gasteiger partial charge in [0.1, 0.15) is 5.69 Å². The fourth-order valence-electron chi connectivity index (χ4n) is 4.26. The maximum Gasteiger partial charge on any atom is 0.416 e. The molecule has 3 heterocycles. The summed E-state index contributed by atoms with van der Waals surface area (Å²) in [5.74, 6) is -0.398. The van der Waals surface area contributed by atoms with Gasteiger partial charge in [0.25, 0.3) is 16.1 Å². The molecule has 1 atom stereocenters. The van der Waals surface area contributed by atoms with Crippen LogP contribution in [0.25, 0.3) is 0 Å². The first kappa shape index (κ1) is 21.8. The Morgan fingerprint density at radius 2 is 1.74 bits per heavy atom. The number of anilines is 1. The molecule has 0 bridgehead atoms. The number of fused-ring (bicyclic) bond motifs is 1. The van der Waals surface area contributed by atoms with Crippen LogP contribution in [-0.2, 0) is 16.4 Å². The number of carbonyl (C=O) groups is 1. The molecule has 1 unspecified atom stereocenters. The number of nitrogens with zero attached hydrogens (tertiary/aromatic N) is 4. The third kappa shape index (κ3) is 4.06. The van der Waals surface area contributed by atoms with Crippen LogP contribution in [0, 0.1) is 0 Å². The van der Waals surface area contributed by atoms with Crippen molar-refractivity contribution >= 4 is 21.8 Å². The van der Waals surface area contributed by atoms with E-state index >= 15 is 0 Å². The number of nitrogens with two attached hydrogens (primary N) is 1. The lowest BCUT2D eigenvalue weighted by atomic mass is 9.89. The Labute approximate surface area is 177 Å². The molecule has 2 aromatic rings. The molecule has 0 radical (unpaired) electrons. The van der Waals surface area contributed by atoms with Gasteiger partial charge in [-0.25, -0.2) is 5.14 Å². The van der Waals surface area contributed by atoms with Crippen LogP contribution in [0.3, 0.4) is 0 Å². The number of rotatable bonds is 3. The van der Waals surface area contributed by atoms with Gasteiger partial charge in [0.05, 0.1) is 17.8 Å². The molecule has 31 heavy (non-hydrogen) atoms. The summed E-state index contributed by atoms with van der Waals surface area (Å²) in [7, 11) is -3.76. The van der Waals surface area contributed by atoms with Crippen LogP contribution < -0.4 is 10.0 Å². The molecule has 0 aliphatic carbocycles. The van der Waals surface area contributed by atoms with E-state index in [1.165, 1.54) is 21.3 Å². The van der Waals surface area contributed by atoms with Crippen molar-refractivity contribution in [3.05, 3.63) is 47.3 Å². The van der Waals surface area contributed by atoms with Crippen LogP contribution in [0.1, 0.15) is 53.3 Å². The number of piperidine rings is 1. The second-order valence-corrected chi connectivity index (χ2v) is 9.47. The van der Waals surface area contributed by atoms with Crippen LogP contribution >= 0.6 is 0 Å². The smallest absolute Gasteiger partial charge is 0.305 e.